The van der Waals surface area contributed by atoms with Gasteiger partial charge in [-0.25, -0.2) is 0 Å². The summed E-state index contributed by atoms with van der Waals surface area (Å²) >= 11 is 0. The number of carboxylic acid groups (broad SMARTS) is 1. The first kappa shape index (κ1) is 24.9. The number of ether oxygens (including phenoxy) is 2. The summed E-state index contributed by atoms with van der Waals surface area (Å²) in [4.78, 5) is 22.3. The van der Waals surface area contributed by atoms with Crippen LogP contribution in [0.15, 0.2) is 0 Å². The van der Waals surface area contributed by atoms with Gasteiger partial charge in [-0.15, -0.1) is 0 Å². The second-order valence-corrected chi connectivity index (χ2v) is 7.15. The maximum atomic E-state index is 11.3. The standard InChI is InChI=1S/C21H40O5/c1-25-18-16-14-12-10-8-6-4-3-5-7-9-11-13-15-17-19(20(22)23)21(24)26-2/h19H,3-18H2,1-2H3,(H,22,23). The van der Waals surface area contributed by atoms with Gasteiger partial charge in [0.1, 0.15) is 0 Å². The molecule has 5 nitrogen and oxygen atoms in total. The maximum absolute atomic E-state index is 11.3. The molecule has 1 N–H and O–H groups in total. The number of carbonyl (C=O) groups excluding carboxylic acids is 1. The Bertz CT molecular complexity index is 343. The molecule has 0 rings (SSSR count). The summed E-state index contributed by atoms with van der Waals surface area (Å²) in [6.45, 7) is 0.894. The second-order valence-electron chi connectivity index (χ2n) is 7.15. The third kappa shape index (κ3) is 15.2. The van der Waals surface area contributed by atoms with Gasteiger partial charge in [0.2, 0.25) is 0 Å². The molecule has 0 radical (unpaired) electrons. The number of esters is 1. The minimum Gasteiger partial charge on any atom is -0.481 e. The number of carboxylic acids is 1. The Morgan fingerprint density at radius 3 is 1.42 bits per heavy atom. The lowest BCUT2D eigenvalue weighted by atomic mass is 10.00. The Morgan fingerprint density at radius 1 is 0.692 bits per heavy atom. The molecular weight excluding hydrogens is 332 g/mol. The third-order valence-electron chi connectivity index (χ3n) is 4.88. The van der Waals surface area contributed by atoms with E-state index in [2.05, 4.69) is 4.74 Å². The second kappa shape index (κ2) is 18.7. The number of aliphatic carboxylic acids is 1. The first-order valence-electron chi connectivity index (χ1n) is 10.4. The van der Waals surface area contributed by atoms with Gasteiger partial charge in [-0.05, 0) is 12.8 Å². The highest BCUT2D eigenvalue weighted by molar-refractivity contribution is 5.93. The van der Waals surface area contributed by atoms with Crippen molar-refractivity contribution in [2.75, 3.05) is 20.8 Å². The molecule has 0 aliphatic rings. The van der Waals surface area contributed by atoms with Gasteiger partial charge in [-0.3, -0.25) is 9.59 Å². The van der Waals surface area contributed by atoms with E-state index in [0.29, 0.717) is 6.42 Å². The molecule has 1 atom stereocenters. The molecule has 0 amide bonds. The van der Waals surface area contributed by atoms with E-state index in [9.17, 15) is 9.59 Å². The lowest BCUT2D eigenvalue weighted by Crippen LogP contribution is -2.24. The Balaban J connectivity index is 3.29. The average Bonchev–Trinajstić information content (AvgIpc) is 2.63. The number of carbonyl (C=O) groups is 2. The molecule has 1 unspecified atom stereocenters. The Labute approximate surface area is 159 Å². The van der Waals surface area contributed by atoms with Crippen molar-refractivity contribution in [2.45, 2.75) is 96.3 Å². The highest BCUT2D eigenvalue weighted by Crippen LogP contribution is 2.16. The van der Waals surface area contributed by atoms with Crippen LogP contribution in [0.2, 0.25) is 0 Å². The molecular formula is C21H40O5. The zero-order valence-electron chi connectivity index (χ0n) is 17.0. The third-order valence-corrected chi connectivity index (χ3v) is 4.88. The molecule has 26 heavy (non-hydrogen) atoms. The lowest BCUT2D eigenvalue weighted by molar-refractivity contribution is -0.157. The number of unbranched alkanes of at least 4 members (excludes halogenated alkanes) is 13. The minimum atomic E-state index is -1.08. The van der Waals surface area contributed by atoms with Crippen LogP contribution in [0.5, 0.6) is 0 Å². The van der Waals surface area contributed by atoms with Gasteiger partial charge in [0.05, 0.1) is 7.11 Å². The van der Waals surface area contributed by atoms with Crippen molar-refractivity contribution in [3.63, 3.8) is 0 Å². The maximum Gasteiger partial charge on any atom is 0.320 e. The topological polar surface area (TPSA) is 72.8 Å². The predicted molar refractivity (Wildman–Crippen MR) is 104 cm³/mol. The van der Waals surface area contributed by atoms with Crippen molar-refractivity contribution < 1.29 is 24.2 Å². The molecule has 0 saturated heterocycles. The molecule has 0 aromatic carbocycles. The summed E-state index contributed by atoms with van der Waals surface area (Å²) in [7, 11) is 3.00. The van der Waals surface area contributed by atoms with Crippen molar-refractivity contribution in [1.82, 2.24) is 0 Å². The molecule has 5 heteroatoms. The molecule has 0 spiro atoms. The van der Waals surface area contributed by atoms with E-state index in [0.717, 1.165) is 25.9 Å². The lowest BCUT2D eigenvalue weighted by Gasteiger charge is -2.09. The highest BCUT2D eigenvalue weighted by atomic mass is 16.5. The Hall–Kier alpha value is -1.10. The summed E-state index contributed by atoms with van der Waals surface area (Å²) < 4.78 is 9.58. The van der Waals surface area contributed by atoms with Gasteiger partial charge in [-0.2, -0.15) is 0 Å². The summed E-state index contributed by atoms with van der Waals surface area (Å²) in [6, 6.07) is 0. The van der Waals surface area contributed by atoms with E-state index in [1.807, 2.05) is 0 Å². The molecule has 0 fully saturated rings. The Kier molecular flexibility index (Phi) is 17.9. The largest absolute Gasteiger partial charge is 0.481 e. The molecule has 154 valence electrons. The molecule has 0 aliphatic heterocycles. The van der Waals surface area contributed by atoms with Gasteiger partial charge < -0.3 is 14.6 Å². The van der Waals surface area contributed by atoms with Crippen LogP contribution < -0.4 is 0 Å². The quantitative estimate of drug-likeness (QED) is 0.188. The van der Waals surface area contributed by atoms with Crippen molar-refractivity contribution >= 4 is 11.9 Å². The van der Waals surface area contributed by atoms with Crippen molar-refractivity contribution in [3.05, 3.63) is 0 Å². The first-order chi connectivity index (χ1) is 12.6. The molecule has 0 aliphatic carbocycles. The normalized spacial score (nSPS) is 12.1. The van der Waals surface area contributed by atoms with Crippen LogP contribution in [0.4, 0.5) is 0 Å². The molecule has 0 saturated carbocycles. The van der Waals surface area contributed by atoms with Gasteiger partial charge in [0.15, 0.2) is 5.92 Å². The highest BCUT2D eigenvalue weighted by Gasteiger charge is 2.26. The van der Waals surface area contributed by atoms with Crippen LogP contribution >= 0.6 is 0 Å². The van der Waals surface area contributed by atoms with Crippen LogP contribution in [-0.4, -0.2) is 37.9 Å². The molecule has 0 heterocycles. The van der Waals surface area contributed by atoms with Crippen molar-refractivity contribution in [2.24, 2.45) is 5.92 Å². The number of hydrogen-bond acceptors (Lipinski definition) is 4. The zero-order chi connectivity index (χ0) is 19.5. The number of methoxy groups -OCH3 is 2. The Morgan fingerprint density at radius 2 is 1.08 bits per heavy atom. The van der Waals surface area contributed by atoms with E-state index in [-0.39, 0.29) is 0 Å². The fourth-order valence-corrected chi connectivity index (χ4v) is 3.20. The predicted octanol–water partition coefficient (Wildman–Crippen LogP) is 5.36. The van der Waals surface area contributed by atoms with Crippen molar-refractivity contribution in [1.29, 1.82) is 0 Å². The monoisotopic (exact) mass is 372 g/mol. The van der Waals surface area contributed by atoms with E-state index in [1.165, 1.54) is 77.7 Å². The SMILES string of the molecule is COCCCCCCCCCCCCCCCCC(C(=O)O)C(=O)OC. The van der Waals surface area contributed by atoms with Crippen LogP contribution in [0.3, 0.4) is 0 Å². The first-order valence-corrected chi connectivity index (χ1v) is 10.4. The molecule has 0 aromatic heterocycles. The fourth-order valence-electron chi connectivity index (χ4n) is 3.20. The summed E-state index contributed by atoms with van der Waals surface area (Å²) in [5.41, 5.74) is 0. The number of hydrogen-bond donors (Lipinski definition) is 1. The molecule has 0 aromatic rings. The zero-order valence-corrected chi connectivity index (χ0v) is 17.0. The average molecular weight is 373 g/mol. The smallest absolute Gasteiger partial charge is 0.320 e. The summed E-state index contributed by atoms with van der Waals surface area (Å²) in [5, 5.41) is 8.99. The van der Waals surface area contributed by atoms with Gasteiger partial charge >= 0.3 is 11.9 Å². The van der Waals surface area contributed by atoms with Crippen LogP contribution in [0.1, 0.15) is 96.3 Å². The van der Waals surface area contributed by atoms with Gasteiger partial charge in [-0.1, -0.05) is 83.5 Å². The fraction of sp³-hybridized carbons (Fsp3) is 0.905. The summed E-state index contributed by atoms with van der Waals surface area (Å²) in [6.07, 6.45) is 17.6. The van der Waals surface area contributed by atoms with E-state index >= 15 is 0 Å². The van der Waals surface area contributed by atoms with Crippen LogP contribution in [-0.2, 0) is 19.1 Å². The van der Waals surface area contributed by atoms with Crippen LogP contribution in [0.25, 0.3) is 0 Å². The molecule has 0 bridgehead atoms. The minimum absolute atomic E-state index is 0.382. The van der Waals surface area contributed by atoms with Gasteiger partial charge in [0, 0.05) is 13.7 Å². The van der Waals surface area contributed by atoms with E-state index < -0.39 is 17.9 Å². The van der Waals surface area contributed by atoms with Gasteiger partial charge in [0.25, 0.3) is 0 Å². The number of rotatable bonds is 19. The van der Waals surface area contributed by atoms with Crippen molar-refractivity contribution in [3.8, 4) is 0 Å². The van der Waals surface area contributed by atoms with E-state index in [1.54, 1.807) is 7.11 Å². The summed E-state index contributed by atoms with van der Waals surface area (Å²) in [5.74, 6) is -2.71. The van der Waals surface area contributed by atoms with E-state index in [4.69, 9.17) is 9.84 Å². The van der Waals surface area contributed by atoms with Crippen LogP contribution in [0, 0.1) is 5.92 Å².